The Morgan fingerprint density at radius 3 is 2.71 bits per heavy atom. The molecule has 1 amide bonds. The van der Waals surface area contributed by atoms with Crippen LogP contribution in [0.1, 0.15) is 6.42 Å². The number of alkyl halides is 1. The highest BCUT2D eigenvalue weighted by molar-refractivity contribution is 9.09. The van der Waals surface area contributed by atoms with Crippen LogP contribution in [0.2, 0.25) is 0 Å². The summed E-state index contributed by atoms with van der Waals surface area (Å²) >= 11 is 3.48. The van der Waals surface area contributed by atoms with Gasteiger partial charge in [-0.3, -0.25) is 14.8 Å². The standard InChI is InChI=1S/C12H10BrN3O/c13-8-5-12(17)16(7-8)9-1-2-10-11(6-9)15-4-3-14-10/h1-4,6,8H,5,7H2. The fraction of sp³-hybridized carbons (Fsp3) is 0.250. The quantitative estimate of drug-likeness (QED) is 0.756. The van der Waals surface area contributed by atoms with E-state index < -0.39 is 0 Å². The van der Waals surface area contributed by atoms with Gasteiger partial charge in [-0.25, -0.2) is 0 Å². The molecule has 1 unspecified atom stereocenters. The normalized spacial score (nSPS) is 20.2. The van der Waals surface area contributed by atoms with Crippen LogP contribution >= 0.6 is 15.9 Å². The van der Waals surface area contributed by atoms with Gasteiger partial charge in [-0.05, 0) is 18.2 Å². The fourth-order valence-corrected chi connectivity index (χ4v) is 2.60. The summed E-state index contributed by atoms with van der Waals surface area (Å²) in [6.45, 7) is 0.713. The molecular weight excluding hydrogens is 282 g/mol. The SMILES string of the molecule is O=C1CC(Br)CN1c1ccc2nccnc2c1. The van der Waals surface area contributed by atoms with Crippen molar-refractivity contribution in [3.8, 4) is 0 Å². The van der Waals surface area contributed by atoms with Gasteiger partial charge in [0.1, 0.15) is 0 Å². The molecule has 1 aromatic carbocycles. The Kier molecular flexibility index (Phi) is 2.55. The van der Waals surface area contributed by atoms with E-state index in [1.807, 2.05) is 18.2 Å². The van der Waals surface area contributed by atoms with E-state index in [2.05, 4.69) is 25.9 Å². The number of hydrogen-bond donors (Lipinski definition) is 0. The first-order valence-corrected chi connectivity index (χ1v) is 6.31. The maximum atomic E-state index is 11.8. The number of rotatable bonds is 1. The number of amides is 1. The summed E-state index contributed by atoms with van der Waals surface area (Å²) in [7, 11) is 0. The highest BCUT2D eigenvalue weighted by atomic mass is 79.9. The second kappa shape index (κ2) is 4.07. The molecule has 0 spiro atoms. The summed E-state index contributed by atoms with van der Waals surface area (Å²) < 4.78 is 0. The second-order valence-electron chi connectivity index (χ2n) is 4.04. The molecule has 0 N–H and O–H groups in total. The smallest absolute Gasteiger partial charge is 0.228 e. The van der Waals surface area contributed by atoms with E-state index in [9.17, 15) is 4.79 Å². The van der Waals surface area contributed by atoms with Gasteiger partial charge >= 0.3 is 0 Å². The van der Waals surface area contributed by atoms with Gasteiger partial charge < -0.3 is 4.90 Å². The topological polar surface area (TPSA) is 46.1 Å². The highest BCUT2D eigenvalue weighted by Crippen LogP contribution is 2.26. The van der Waals surface area contributed by atoms with E-state index in [0.717, 1.165) is 16.7 Å². The molecule has 1 aliphatic rings. The minimum atomic E-state index is 0.148. The Morgan fingerprint density at radius 2 is 2.00 bits per heavy atom. The van der Waals surface area contributed by atoms with E-state index in [1.165, 1.54) is 0 Å². The molecule has 1 saturated heterocycles. The highest BCUT2D eigenvalue weighted by Gasteiger charge is 2.28. The number of benzene rings is 1. The minimum Gasteiger partial charge on any atom is -0.311 e. The van der Waals surface area contributed by atoms with Crippen molar-refractivity contribution < 1.29 is 4.79 Å². The number of anilines is 1. The van der Waals surface area contributed by atoms with Crippen molar-refractivity contribution in [2.24, 2.45) is 0 Å². The third kappa shape index (κ3) is 1.91. The van der Waals surface area contributed by atoms with Crippen molar-refractivity contribution in [1.82, 2.24) is 9.97 Å². The molecule has 4 nitrogen and oxygen atoms in total. The van der Waals surface area contributed by atoms with Crippen LogP contribution in [0.25, 0.3) is 11.0 Å². The average Bonchev–Trinajstić information content (AvgIpc) is 2.68. The zero-order chi connectivity index (χ0) is 11.8. The van der Waals surface area contributed by atoms with E-state index >= 15 is 0 Å². The Morgan fingerprint density at radius 1 is 1.24 bits per heavy atom. The number of aromatic nitrogens is 2. The molecule has 3 rings (SSSR count). The lowest BCUT2D eigenvalue weighted by Crippen LogP contribution is -2.24. The van der Waals surface area contributed by atoms with Gasteiger partial charge in [0.05, 0.1) is 11.0 Å². The van der Waals surface area contributed by atoms with Crippen LogP contribution in [0.15, 0.2) is 30.6 Å². The zero-order valence-electron chi connectivity index (χ0n) is 9.01. The number of hydrogen-bond acceptors (Lipinski definition) is 3. The lowest BCUT2D eigenvalue weighted by Gasteiger charge is -2.15. The van der Waals surface area contributed by atoms with Crippen molar-refractivity contribution in [2.45, 2.75) is 11.2 Å². The van der Waals surface area contributed by atoms with Crippen LogP contribution in [-0.4, -0.2) is 27.2 Å². The summed E-state index contributed by atoms with van der Waals surface area (Å²) in [6, 6.07) is 5.72. The third-order valence-electron chi connectivity index (χ3n) is 2.84. The molecule has 1 atom stereocenters. The summed E-state index contributed by atoms with van der Waals surface area (Å²) in [4.78, 5) is 22.3. The summed E-state index contributed by atoms with van der Waals surface area (Å²) in [5, 5.41) is 0. The molecule has 86 valence electrons. The first-order valence-electron chi connectivity index (χ1n) is 5.39. The van der Waals surface area contributed by atoms with Crippen molar-refractivity contribution in [3.05, 3.63) is 30.6 Å². The first kappa shape index (κ1) is 10.7. The Bertz CT molecular complexity index is 587. The van der Waals surface area contributed by atoms with Gasteiger partial charge in [0.25, 0.3) is 0 Å². The van der Waals surface area contributed by atoms with Crippen LogP contribution in [0, 0.1) is 0 Å². The molecule has 2 aromatic rings. The zero-order valence-corrected chi connectivity index (χ0v) is 10.6. The molecule has 0 radical (unpaired) electrons. The Labute approximate surface area is 107 Å². The third-order valence-corrected chi connectivity index (χ3v) is 3.46. The number of carbonyl (C=O) groups is 1. The molecule has 17 heavy (non-hydrogen) atoms. The fourth-order valence-electron chi connectivity index (χ4n) is 2.03. The molecule has 0 aliphatic carbocycles. The van der Waals surface area contributed by atoms with E-state index in [0.29, 0.717) is 13.0 Å². The second-order valence-corrected chi connectivity index (χ2v) is 5.33. The van der Waals surface area contributed by atoms with Crippen molar-refractivity contribution >= 4 is 38.6 Å². The summed E-state index contributed by atoms with van der Waals surface area (Å²) in [6.07, 6.45) is 3.88. The van der Waals surface area contributed by atoms with Crippen LogP contribution < -0.4 is 4.90 Å². The monoisotopic (exact) mass is 291 g/mol. The van der Waals surface area contributed by atoms with E-state index in [1.54, 1.807) is 17.3 Å². The van der Waals surface area contributed by atoms with Gasteiger partial charge in [0, 0.05) is 35.9 Å². The first-order chi connectivity index (χ1) is 8.24. The maximum Gasteiger partial charge on any atom is 0.228 e. The Hall–Kier alpha value is -1.49. The van der Waals surface area contributed by atoms with Crippen LogP contribution in [0.4, 0.5) is 5.69 Å². The lowest BCUT2D eigenvalue weighted by atomic mass is 10.2. The van der Waals surface area contributed by atoms with Crippen LogP contribution in [0.3, 0.4) is 0 Å². The number of carbonyl (C=O) groups excluding carboxylic acids is 1. The van der Waals surface area contributed by atoms with Gasteiger partial charge in [-0.1, -0.05) is 15.9 Å². The van der Waals surface area contributed by atoms with Crippen molar-refractivity contribution in [3.63, 3.8) is 0 Å². The van der Waals surface area contributed by atoms with Gasteiger partial charge in [-0.2, -0.15) is 0 Å². The summed E-state index contributed by atoms with van der Waals surface area (Å²) in [5.74, 6) is 0.148. The predicted molar refractivity (Wildman–Crippen MR) is 69.2 cm³/mol. The molecule has 2 heterocycles. The largest absolute Gasteiger partial charge is 0.311 e. The molecule has 1 aromatic heterocycles. The predicted octanol–water partition coefficient (Wildman–Crippen LogP) is 2.13. The molecule has 1 aliphatic heterocycles. The van der Waals surface area contributed by atoms with Gasteiger partial charge in [-0.15, -0.1) is 0 Å². The maximum absolute atomic E-state index is 11.8. The van der Waals surface area contributed by atoms with E-state index in [4.69, 9.17) is 0 Å². The number of fused-ring (bicyclic) bond motifs is 1. The number of halogens is 1. The number of nitrogens with zero attached hydrogens (tertiary/aromatic N) is 3. The minimum absolute atomic E-state index is 0.148. The van der Waals surface area contributed by atoms with Crippen LogP contribution in [0.5, 0.6) is 0 Å². The molecule has 0 saturated carbocycles. The molecule has 0 bridgehead atoms. The molecule has 1 fully saturated rings. The van der Waals surface area contributed by atoms with Gasteiger partial charge in [0.2, 0.25) is 5.91 Å². The van der Waals surface area contributed by atoms with Gasteiger partial charge in [0.15, 0.2) is 0 Å². The van der Waals surface area contributed by atoms with E-state index in [-0.39, 0.29) is 10.7 Å². The lowest BCUT2D eigenvalue weighted by molar-refractivity contribution is -0.117. The Balaban J connectivity index is 2.03. The molecule has 5 heteroatoms. The van der Waals surface area contributed by atoms with Crippen LogP contribution in [-0.2, 0) is 4.79 Å². The average molecular weight is 292 g/mol. The molecular formula is C12H10BrN3O. The van der Waals surface area contributed by atoms with Crippen molar-refractivity contribution in [1.29, 1.82) is 0 Å². The van der Waals surface area contributed by atoms with Crippen molar-refractivity contribution in [2.75, 3.05) is 11.4 Å². The summed E-state index contributed by atoms with van der Waals surface area (Å²) in [5.41, 5.74) is 2.55.